The molecule has 12 heteroatoms. The molecule has 0 radical (unpaired) electrons. The number of ether oxygens (including phenoxy) is 2. The maximum Gasteiger partial charge on any atom is 0.341 e. The van der Waals surface area contributed by atoms with Gasteiger partial charge in [0.1, 0.15) is 10.8 Å². The maximum absolute atomic E-state index is 14.1. The molecule has 1 N–H and O–H groups in total. The molecule has 1 atom stereocenters. The predicted molar refractivity (Wildman–Crippen MR) is 147 cm³/mol. The minimum absolute atomic E-state index is 0.0142. The second-order valence-corrected chi connectivity index (χ2v) is 11.1. The first-order chi connectivity index (χ1) is 18.8. The Labute approximate surface area is 233 Å². The van der Waals surface area contributed by atoms with E-state index in [0.29, 0.717) is 28.1 Å². The van der Waals surface area contributed by atoms with Gasteiger partial charge in [-0.2, -0.15) is 0 Å². The summed E-state index contributed by atoms with van der Waals surface area (Å²) < 4.78 is 39.7. The topological polar surface area (TPSA) is 95.3 Å². The molecule has 1 amide bonds. The van der Waals surface area contributed by atoms with Crippen LogP contribution in [0, 0.1) is 11.6 Å². The van der Waals surface area contributed by atoms with Crippen LogP contribution >= 0.6 is 23.1 Å². The van der Waals surface area contributed by atoms with E-state index in [2.05, 4.69) is 22.1 Å². The van der Waals surface area contributed by atoms with Crippen molar-refractivity contribution in [3.05, 3.63) is 64.3 Å². The average molecular weight is 577 g/mol. The van der Waals surface area contributed by atoms with Crippen molar-refractivity contribution in [2.45, 2.75) is 63.3 Å². The van der Waals surface area contributed by atoms with Gasteiger partial charge < -0.3 is 14.8 Å². The zero-order valence-corrected chi connectivity index (χ0v) is 23.4. The Kier molecular flexibility index (Phi) is 9.73. The van der Waals surface area contributed by atoms with Crippen LogP contribution in [0.15, 0.2) is 36.0 Å². The summed E-state index contributed by atoms with van der Waals surface area (Å²) in [6.45, 7) is 5.77. The Balaban J connectivity index is 1.47. The lowest BCUT2D eigenvalue weighted by atomic mass is 9.96. The molecule has 1 aromatic carbocycles. The van der Waals surface area contributed by atoms with Crippen molar-refractivity contribution in [1.29, 1.82) is 0 Å². The molecule has 0 fully saturated rings. The van der Waals surface area contributed by atoms with Crippen LogP contribution < -0.4 is 10.1 Å². The van der Waals surface area contributed by atoms with Crippen molar-refractivity contribution in [1.82, 2.24) is 14.8 Å². The molecule has 1 unspecified atom stereocenters. The number of esters is 1. The van der Waals surface area contributed by atoms with Gasteiger partial charge in [-0.15, -0.1) is 28.1 Å². The van der Waals surface area contributed by atoms with E-state index in [9.17, 15) is 18.4 Å². The largest absolute Gasteiger partial charge is 0.480 e. The number of anilines is 1. The highest BCUT2D eigenvalue weighted by molar-refractivity contribution is 7.99. The summed E-state index contributed by atoms with van der Waals surface area (Å²) in [6, 6.07) is 3.07. The summed E-state index contributed by atoms with van der Waals surface area (Å²) in [5.41, 5.74) is 1.44. The fourth-order valence-corrected chi connectivity index (χ4v) is 6.49. The summed E-state index contributed by atoms with van der Waals surface area (Å²) in [5.74, 6) is -1.97. The molecule has 3 aromatic rings. The molecule has 1 aliphatic carbocycles. The molecule has 0 saturated carbocycles. The van der Waals surface area contributed by atoms with Gasteiger partial charge in [0.25, 0.3) is 0 Å². The molecule has 1 aliphatic rings. The fraction of sp³-hybridized carbons (Fsp3) is 0.407. The molecular formula is C27H30F2N4O4S2. The molecular weight excluding hydrogens is 546 g/mol. The first-order valence-electron chi connectivity index (χ1n) is 12.6. The number of halogens is 2. The summed E-state index contributed by atoms with van der Waals surface area (Å²) in [5, 5.41) is 12.2. The molecule has 4 rings (SSSR count). The van der Waals surface area contributed by atoms with Crippen LogP contribution in [-0.4, -0.2) is 39.5 Å². The number of fused-ring (bicyclic) bond motifs is 1. The summed E-state index contributed by atoms with van der Waals surface area (Å²) in [7, 11) is 1.34. The summed E-state index contributed by atoms with van der Waals surface area (Å²) in [6.07, 6.45) is 6.91. The number of carbonyl (C=O) groups is 2. The Morgan fingerprint density at radius 1 is 1.23 bits per heavy atom. The second kappa shape index (κ2) is 13.2. The van der Waals surface area contributed by atoms with Crippen LogP contribution in [0.25, 0.3) is 0 Å². The number of amides is 1. The van der Waals surface area contributed by atoms with Gasteiger partial charge in [0, 0.05) is 17.5 Å². The van der Waals surface area contributed by atoms with Crippen molar-refractivity contribution >= 4 is 40.0 Å². The Morgan fingerprint density at radius 3 is 2.72 bits per heavy atom. The minimum Gasteiger partial charge on any atom is -0.480 e. The highest BCUT2D eigenvalue weighted by atomic mass is 32.2. The lowest BCUT2D eigenvalue weighted by Gasteiger charge is -2.16. The van der Waals surface area contributed by atoms with Gasteiger partial charge >= 0.3 is 5.97 Å². The van der Waals surface area contributed by atoms with Crippen molar-refractivity contribution < 1.29 is 27.8 Å². The number of aromatic nitrogens is 3. The number of nitrogens with one attached hydrogen (secondary N) is 1. The molecule has 2 aromatic heterocycles. The van der Waals surface area contributed by atoms with Gasteiger partial charge in [0.05, 0.1) is 18.4 Å². The molecule has 39 heavy (non-hydrogen) atoms. The smallest absolute Gasteiger partial charge is 0.341 e. The quantitative estimate of drug-likeness (QED) is 0.177. The first kappa shape index (κ1) is 28.8. The molecule has 0 saturated heterocycles. The van der Waals surface area contributed by atoms with E-state index < -0.39 is 23.7 Å². The van der Waals surface area contributed by atoms with Crippen molar-refractivity contribution in [2.24, 2.45) is 0 Å². The SMILES string of the molecule is C=CCn1c(SCC(=O)Nc2sc3c(c2C(=O)OC)CCCCCC3)nnc1C(C)Oc1ccc(F)cc1F. The summed E-state index contributed by atoms with van der Waals surface area (Å²) in [4.78, 5) is 26.7. The van der Waals surface area contributed by atoms with Crippen molar-refractivity contribution in [3.8, 4) is 5.75 Å². The van der Waals surface area contributed by atoms with Crippen molar-refractivity contribution in [2.75, 3.05) is 18.2 Å². The number of carbonyl (C=O) groups excluding carboxylic acids is 2. The van der Waals surface area contributed by atoms with Crippen LogP contribution in [-0.2, 0) is 28.9 Å². The Bertz CT molecular complexity index is 1360. The highest BCUT2D eigenvalue weighted by Gasteiger charge is 2.26. The number of rotatable bonds is 10. The molecule has 2 heterocycles. The standard InChI is InChI=1S/C27H30F2N4O4S2/c1-4-13-33-24(16(2)37-20-12-11-17(28)14-19(20)29)31-32-27(33)38-15-22(34)30-25-23(26(35)36-3)18-9-7-5-6-8-10-21(18)39-25/h4,11-12,14,16H,1,5-10,13,15H2,2-3H3,(H,30,34). The van der Waals surface area contributed by atoms with E-state index in [0.717, 1.165) is 72.9 Å². The number of hydrogen-bond donors (Lipinski definition) is 1. The normalized spacial score (nSPS) is 14.1. The Hall–Kier alpha value is -3.25. The van der Waals surface area contributed by atoms with Gasteiger partial charge in [0.15, 0.2) is 28.7 Å². The first-order valence-corrected chi connectivity index (χ1v) is 14.4. The monoisotopic (exact) mass is 576 g/mol. The molecule has 8 nitrogen and oxygen atoms in total. The Morgan fingerprint density at radius 2 is 2.00 bits per heavy atom. The fourth-order valence-electron chi connectivity index (χ4n) is 4.44. The zero-order chi connectivity index (χ0) is 27.9. The average Bonchev–Trinajstić information content (AvgIpc) is 3.44. The molecule has 0 aliphatic heterocycles. The predicted octanol–water partition coefficient (Wildman–Crippen LogP) is 6.12. The van der Waals surface area contributed by atoms with E-state index in [1.54, 1.807) is 17.6 Å². The third kappa shape index (κ3) is 6.85. The van der Waals surface area contributed by atoms with E-state index >= 15 is 0 Å². The van der Waals surface area contributed by atoms with Gasteiger partial charge in [-0.25, -0.2) is 13.6 Å². The number of thiophene rings is 1. The molecule has 208 valence electrons. The highest BCUT2D eigenvalue weighted by Crippen LogP contribution is 2.38. The van der Waals surface area contributed by atoms with Gasteiger partial charge in [-0.1, -0.05) is 30.7 Å². The minimum atomic E-state index is -0.823. The van der Waals surface area contributed by atoms with Crippen LogP contribution in [0.2, 0.25) is 0 Å². The number of aryl methyl sites for hydroxylation is 1. The van der Waals surface area contributed by atoms with Gasteiger partial charge in [-0.05, 0) is 50.3 Å². The lowest BCUT2D eigenvalue weighted by Crippen LogP contribution is -2.17. The maximum atomic E-state index is 14.1. The van der Waals surface area contributed by atoms with E-state index in [1.165, 1.54) is 24.5 Å². The van der Waals surface area contributed by atoms with Crippen LogP contribution in [0.4, 0.5) is 13.8 Å². The van der Waals surface area contributed by atoms with Gasteiger partial charge in [-0.3, -0.25) is 9.36 Å². The number of allylic oxidation sites excluding steroid dienone is 1. The van der Waals surface area contributed by atoms with E-state index in [1.807, 2.05) is 0 Å². The molecule has 0 bridgehead atoms. The van der Waals surface area contributed by atoms with E-state index in [4.69, 9.17) is 9.47 Å². The third-order valence-electron chi connectivity index (χ3n) is 6.26. The van der Waals surface area contributed by atoms with Crippen LogP contribution in [0.1, 0.15) is 65.3 Å². The summed E-state index contributed by atoms with van der Waals surface area (Å²) >= 11 is 2.61. The number of nitrogens with zero attached hydrogens (tertiary/aromatic N) is 3. The number of thioether (sulfide) groups is 1. The second-order valence-electron chi connectivity index (χ2n) is 9.03. The van der Waals surface area contributed by atoms with Crippen molar-refractivity contribution in [3.63, 3.8) is 0 Å². The van der Waals surface area contributed by atoms with Crippen LogP contribution in [0.3, 0.4) is 0 Å². The molecule has 0 spiro atoms. The number of hydrogen-bond acceptors (Lipinski definition) is 8. The van der Waals surface area contributed by atoms with Gasteiger partial charge in [0.2, 0.25) is 5.91 Å². The van der Waals surface area contributed by atoms with Crippen LogP contribution in [0.5, 0.6) is 5.75 Å². The zero-order valence-electron chi connectivity index (χ0n) is 21.8. The lowest BCUT2D eigenvalue weighted by molar-refractivity contribution is -0.113. The number of methoxy groups -OCH3 is 1. The van der Waals surface area contributed by atoms with E-state index in [-0.39, 0.29) is 17.4 Å². The number of benzene rings is 1. The third-order valence-corrected chi connectivity index (χ3v) is 8.44.